The van der Waals surface area contributed by atoms with Gasteiger partial charge in [-0.05, 0) is 35.9 Å². The maximum Gasteiger partial charge on any atom is 0.231 e. The Hall–Kier alpha value is -2.43. The number of fused-ring (bicyclic) bond motifs is 2. The fraction of sp³-hybridized carbons (Fsp3) is 0.278. The molecule has 118 valence electrons. The average Bonchev–Trinajstić information content (AvgIpc) is 2.99. The summed E-state index contributed by atoms with van der Waals surface area (Å²) in [7, 11) is 0. The van der Waals surface area contributed by atoms with Crippen LogP contribution in [0.5, 0.6) is 11.5 Å². The summed E-state index contributed by atoms with van der Waals surface area (Å²) < 4.78 is 39.5. The zero-order valence-electron chi connectivity index (χ0n) is 12.7. The predicted octanol–water partition coefficient (Wildman–Crippen LogP) is 3.27. The van der Waals surface area contributed by atoms with E-state index in [1.54, 1.807) is 6.07 Å². The summed E-state index contributed by atoms with van der Waals surface area (Å²) in [6, 6.07) is 8.11. The Balaban J connectivity index is 1.69. The van der Waals surface area contributed by atoms with Crippen LogP contribution in [0, 0.1) is 11.6 Å². The van der Waals surface area contributed by atoms with Crippen LogP contribution in [-0.2, 0) is 13.0 Å². The molecular formula is C18H16F2NO2+. The van der Waals surface area contributed by atoms with E-state index < -0.39 is 11.6 Å². The van der Waals surface area contributed by atoms with Crippen molar-refractivity contribution in [1.82, 2.24) is 0 Å². The van der Waals surface area contributed by atoms with Crippen LogP contribution in [0.4, 0.5) is 8.78 Å². The summed E-state index contributed by atoms with van der Waals surface area (Å²) in [6.07, 6.45) is 0.882. The van der Waals surface area contributed by atoms with Gasteiger partial charge in [-0.1, -0.05) is 0 Å². The molecule has 0 N–H and O–H groups in total. The molecule has 0 aliphatic carbocycles. The predicted molar refractivity (Wildman–Crippen MR) is 81.2 cm³/mol. The first-order valence-corrected chi connectivity index (χ1v) is 7.57. The molecule has 0 fully saturated rings. The second kappa shape index (κ2) is 5.33. The second-order valence-electron chi connectivity index (χ2n) is 5.87. The van der Waals surface area contributed by atoms with Gasteiger partial charge in [0.15, 0.2) is 35.4 Å². The molecule has 0 aromatic heterocycles. The summed E-state index contributed by atoms with van der Waals surface area (Å²) >= 11 is 0. The Bertz CT molecular complexity index is 830. The third-order valence-electron chi connectivity index (χ3n) is 4.47. The maximum absolute atomic E-state index is 13.4. The van der Waals surface area contributed by atoms with Gasteiger partial charge in [0.25, 0.3) is 0 Å². The van der Waals surface area contributed by atoms with Gasteiger partial charge in [-0.15, -0.1) is 0 Å². The highest BCUT2D eigenvalue weighted by Gasteiger charge is 2.26. The first-order chi connectivity index (χ1) is 11.1. The summed E-state index contributed by atoms with van der Waals surface area (Å²) in [5.74, 6) is -0.0598. The number of rotatable bonds is 2. The highest BCUT2D eigenvalue weighted by Crippen LogP contribution is 2.36. The molecule has 5 heteroatoms. The van der Waals surface area contributed by atoms with E-state index in [-0.39, 0.29) is 6.79 Å². The highest BCUT2D eigenvalue weighted by atomic mass is 19.2. The molecule has 0 bridgehead atoms. The molecule has 0 atom stereocenters. The quantitative estimate of drug-likeness (QED) is 0.793. The first-order valence-electron chi connectivity index (χ1n) is 7.57. The number of halogens is 2. The third-order valence-corrected chi connectivity index (χ3v) is 4.47. The first kappa shape index (κ1) is 14.2. The van der Waals surface area contributed by atoms with E-state index in [0.29, 0.717) is 6.54 Å². The van der Waals surface area contributed by atoms with Crippen molar-refractivity contribution in [2.24, 2.45) is 0 Å². The second-order valence-corrected chi connectivity index (χ2v) is 5.87. The Morgan fingerprint density at radius 3 is 2.61 bits per heavy atom. The van der Waals surface area contributed by atoms with E-state index >= 15 is 0 Å². The van der Waals surface area contributed by atoms with Crippen molar-refractivity contribution >= 4 is 5.71 Å². The third kappa shape index (κ3) is 2.46. The lowest BCUT2D eigenvalue weighted by Gasteiger charge is -2.17. The van der Waals surface area contributed by atoms with E-state index in [0.717, 1.165) is 41.3 Å². The molecule has 2 aromatic carbocycles. The number of benzene rings is 2. The van der Waals surface area contributed by atoms with E-state index in [1.807, 2.05) is 19.1 Å². The van der Waals surface area contributed by atoms with Crippen molar-refractivity contribution in [2.75, 3.05) is 13.3 Å². The molecule has 0 radical (unpaired) electrons. The molecule has 2 heterocycles. The summed E-state index contributed by atoms with van der Waals surface area (Å²) in [4.78, 5) is 0. The Morgan fingerprint density at radius 1 is 1.04 bits per heavy atom. The summed E-state index contributed by atoms with van der Waals surface area (Å²) in [5.41, 5.74) is 4.22. The molecule has 0 saturated heterocycles. The molecule has 23 heavy (non-hydrogen) atoms. The fourth-order valence-corrected chi connectivity index (χ4v) is 3.18. The number of hydrogen-bond acceptors (Lipinski definition) is 2. The number of nitrogens with zero attached hydrogens (tertiary/aromatic N) is 1. The van der Waals surface area contributed by atoms with Gasteiger partial charge >= 0.3 is 0 Å². The van der Waals surface area contributed by atoms with Crippen LogP contribution < -0.4 is 9.47 Å². The molecule has 0 saturated carbocycles. The van der Waals surface area contributed by atoms with Gasteiger partial charge in [-0.25, -0.2) is 13.4 Å². The Morgan fingerprint density at radius 2 is 1.83 bits per heavy atom. The zero-order valence-corrected chi connectivity index (χ0v) is 12.7. The highest BCUT2D eigenvalue weighted by molar-refractivity contribution is 5.97. The monoisotopic (exact) mass is 316 g/mol. The Labute approximate surface area is 132 Å². The smallest absolute Gasteiger partial charge is 0.231 e. The van der Waals surface area contributed by atoms with Gasteiger partial charge in [-0.2, -0.15) is 0 Å². The molecule has 2 aliphatic rings. The van der Waals surface area contributed by atoms with Crippen molar-refractivity contribution in [3.05, 3.63) is 58.7 Å². The molecule has 0 amide bonds. The minimum absolute atomic E-state index is 0.260. The van der Waals surface area contributed by atoms with Gasteiger partial charge < -0.3 is 9.47 Å². The van der Waals surface area contributed by atoms with Crippen LogP contribution in [0.2, 0.25) is 0 Å². The summed E-state index contributed by atoms with van der Waals surface area (Å²) in [5, 5.41) is 0. The van der Waals surface area contributed by atoms with Gasteiger partial charge in [0.1, 0.15) is 6.54 Å². The number of ether oxygens (including phenoxy) is 2. The maximum atomic E-state index is 13.4. The van der Waals surface area contributed by atoms with Crippen LogP contribution >= 0.6 is 0 Å². The largest absolute Gasteiger partial charge is 0.454 e. The zero-order chi connectivity index (χ0) is 16.0. The molecule has 0 spiro atoms. The lowest BCUT2D eigenvalue weighted by Crippen LogP contribution is -2.28. The van der Waals surface area contributed by atoms with E-state index in [2.05, 4.69) is 4.58 Å². The minimum Gasteiger partial charge on any atom is -0.454 e. The van der Waals surface area contributed by atoms with Crippen LogP contribution in [-0.4, -0.2) is 23.6 Å². The normalized spacial score (nSPS) is 15.8. The van der Waals surface area contributed by atoms with Crippen molar-refractivity contribution in [2.45, 2.75) is 19.9 Å². The van der Waals surface area contributed by atoms with E-state index in [1.165, 1.54) is 17.7 Å². The Kier molecular flexibility index (Phi) is 3.29. The minimum atomic E-state index is -0.814. The molecule has 0 unspecified atom stereocenters. The van der Waals surface area contributed by atoms with E-state index in [9.17, 15) is 8.78 Å². The van der Waals surface area contributed by atoms with Crippen molar-refractivity contribution < 1.29 is 22.8 Å². The summed E-state index contributed by atoms with van der Waals surface area (Å²) in [6.45, 7) is 3.68. The van der Waals surface area contributed by atoms with Crippen LogP contribution in [0.15, 0.2) is 30.3 Å². The van der Waals surface area contributed by atoms with Crippen molar-refractivity contribution in [3.8, 4) is 11.5 Å². The van der Waals surface area contributed by atoms with Crippen LogP contribution in [0.3, 0.4) is 0 Å². The van der Waals surface area contributed by atoms with Gasteiger partial charge in [-0.3, -0.25) is 0 Å². The SMILES string of the molecule is CC1=[N+](Cc2ccc(F)c(F)c2)CCc2cc3c(cc21)OCO3. The molecule has 2 aliphatic heterocycles. The van der Waals surface area contributed by atoms with Crippen molar-refractivity contribution in [3.63, 3.8) is 0 Å². The van der Waals surface area contributed by atoms with Crippen molar-refractivity contribution in [1.29, 1.82) is 0 Å². The molecule has 3 nitrogen and oxygen atoms in total. The van der Waals surface area contributed by atoms with Gasteiger partial charge in [0, 0.05) is 24.5 Å². The number of hydrogen-bond donors (Lipinski definition) is 0. The van der Waals surface area contributed by atoms with E-state index in [4.69, 9.17) is 9.47 Å². The van der Waals surface area contributed by atoms with Crippen LogP contribution in [0.25, 0.3) is 0 Å². The van der Waals surface area contributed by atoms with Gasteiger partial charge in [0.2, 0.25) is 6.79 Å². The van der Waals surface area contributed by atoms with Gasteiger partial charge in [0.05, 0.1) is 0 Å². The standard InChI is InChI=1S/C18H16F2NO2/c1-11-14-8-18-17(22-10-23-18)7-13(14)4-5-21(11)9-12-2-3-15(19)16(20)6-12/h2-3,6-8H,4-5,9-10H2,1H3/q+1. The molecular weight excluding hydrogens is 300 g/mol. The lowest BCUT2D eigenvalue weighted by atomic mass is 9.96. The molecule has 4 rings (SSSR count). The molecule has 2 aromatic rings. The van der Waals surface area contributed by atoms with Crippen LogP contribution in [0.1, 0.15) is 23.6 Å². The average molecular weight is 316 g/mol. The topological polar surface area (TPSA) is 21.5 Å². The fourth-order valence-electron chi connectivity index (χ4n) is 3.18. The lowest BCUT2D eigenvalue weighted by molar-refractivity contribution is -0.545.